The maximum atomic E-state index is 12.4. The highest BCUT2D eigenvalue weighted by molar-refractivity contribution is 6.37. The predicted molar refractivity (Wildman–Crippen MR) is 85.8 cm³/mol. The molecule has 1 aromatic rings. The Morgan fingerprint density at radius 1 is 1.17 bits per heavy atom. The summed E-state index contributed by atoms with van der Waals surface area (Å²) in [5, 5.41) is 0.522. The number of rotatable bonds is 4. The van der Waals surface area contributed by atoms with Gasteiger partial charge in [-0.1, -0.05) is 30.1 Å². The van der Waals surface area contributed by atoms with Crippen LogP contribution < -0.4 is 0 Å². The number of likely N-dealkylation sites (tertiary alicyclic amines) is 1. The molecule has 1 amide bonds. The fraction of sp³-hybridized carbons (Fsp3) is 0.375. The summed E-state index contributed by atoms with van der Waals surface area (Å²) >= 11 is 11.8. The number of nitrogens with zero attached hydrogens (tertiary/aromatic N) is 1. The van der Waals surface area contributed by atoms with Crippen LogP contribution in [0.2, 0.25) is 10.0 Å². The molecule has 1 heterocycles. The molecule has 0 unspecified atom stereocenters. The summed E-state index contributed by atoms with van der Waals surface area (Å²) < 4.78 is 0. The van der Waals surface area contributed by atoms with E-state index in [9.17, 15) is 19.2 Å². The molecule has 1 aliphatic rings. The zero-order valence-electron chi connectivity index (χ0n) is 12.5. The third-order valence-electron chi connectivity index (χ3n) is 3.60. The van der Waals surface area contributed by atoms with Crippen molar-refractivity contribution in [2.24, 2.45) is 5.92 Å². The maximum absolute atomic E-state index is 12.4. The van der Waals surface area contributed by atoms with E-state index >= 15 is 0 Å². The first-order valence-corrected chi connectivity index (χ1v) is 7.93. The fourth-order valence-corrected chi connectivity index (χ4v) is 3.01. The highest BCUT2D eigenvalue weighted by Crippen LogP contribution is 2.24. The standard InChI is InChI=1S/C16H15Cl2NO4/c1-2-3-12(20)15-13(21)7-19(8-14(15)22)16(23)10-5-4-9(17)6-11(10)18/h4-6,15H,2-3,7-8H2,1H3. The number of hydrogen-bond donors (Lipinski definition) is 0. The lowest BCUT2D eigenvalue weighted by atomic mass is 9.88. The summed E-state index contributed by atoms with van der Waals surface area (Å²) in [6.07, 6.45) is 0.748. The first kappa shape index (κ1) is 17.6. The van der Waals surface area contributed by atoms with Crippen LogP contribution in [-0.4, -0.2) is 41.2 Å². The largest absolute Gasteiger partial charge is 0.324 e. The highest BCUT2D eigenvalue weighted by Gasteiger charge is 2.40. The Balaban J connectivity index is 2.18. The molecule has 1 aromatic carbocycles. The minimum absolute atomic E-state index is 0.145. The molecule has 0 radical (unpaired) electrons. The van der Waals surface area contributed by atoms with E-state index in [0.717, 1.165) is 4.90 Å². The average Bonchev–Trinajstić information content (AvgIpc) is 2.46. The summed E-state index contributed by atoms with van der Waals surface area (Å²) in [6, 6.07) is 4.36. The van der Waals surface area contributed by atoms with Crippen molar-refractivity contribution in [3.05, 3.63) is 33.8 Å². The van der Waals surface area contributed by atoms with Crippen LogP contribution in [0.25, 0.3) is 0 Å². The second-order valence-corrected chi connectivity index (χ2v) is 6.21. The van der Waals surface area contributed by atoms with Gasteiger partial charge in [0.15, 0.2) is 17.3 Å². The van der Waals surface area contributed by atoms with E-state index in [1.165, 1.54) is 18.2 Å². The molecule has 2 rings (SSSR count). The fourth-order valence-electron chi connectivity index (χ4n) is 2.52. The lowest BCUT2D eigenvalue weighted by molar-refractivity contribution is -0.143. The Bertz CT molecular complexity index is 669. The van der Waals surface area contributed by atoms with Gasteiger partial charge < -0.3 is 4.90 Å². The minimum atomic E-state index is -1.24. The zero-order chi connectivity index (χ0) is 17.1. The summed E-state index contributed by atoms with van der Waals surface area (Å²) in [5.74, 6) is -3.23. The van der Waals surface area contributed by atoms with Crippen molar-refractivity contribution >= 4 is 46.5 Å². The van der Waals surface area contributed by atoms with Crippen molar-refractivity contribution in [3.63, 3.8) is 0 Å². The molecule has 1 fully saturated rings. The van der Waals surface area contributed by atoms with Crippen molar-refractivity contribution in [3.8, 4) is 0 Å². The van der Waals surface area contributed by atoms with E-state index in [2.05, 4.69) is 0 Å². The van der Waals surface area contributed by atoms with Crippen molar-refractivity contribution < 1.29 is 19.2 Å². The van der Waals surface area contributed by atoms with Crippen molar-refractivity contribution in [1.82, 2.24) is 4.90 Å². The third kappa shape index (κ3) is 3.79. The van der Waals surface area contributed by atoms with E-state index < -0.39 is 23.4 Å². The van der Waals surface area contributed by atoms with Gasteiger partial charge in [-0.15, -0.1) is 0 Å². The first-order chi connectivity index (χ1) is 10.8. The smallest absolute Gasteiger partial charge is 0.256 e. The Labute approximate surface area is 143 Å². The van der Waals surface area contributed by atoms with Crippen LogP contribution in [0.1, 0.15) is 30.1 Å². The van der Waals surface area contributed by atoms with Gasteiger partial charge in [0.05, 0.1) is 23.7 Å². The first-order valence-electron chi connectivity index (χ1n) is 7.17. The summed E-state index contributed by atoms with van der Waals surface area (Å²) in [7, 11) is 0. The van der Waals surface area contributed by atoms with Crippen molar-refractivity contribution in [1.29, 1.82) is 0 Å². The molecule has 0 bridgehead atoms. The third-order valence-corrected chi connectivity index (χ3v) is 4.15. The molecule has 0 saturated carbocycles. The van der Waals surface area contributed by atoms with E-state index in [1.807, 2.05) is 0 Å². The van der Waals surface area contributed by atoms with E-state index in [1.54, 1.807) is 6.92 Å². The van der Waals surface area contributed by atoms with Crippen LogP contribution >= 0.6 is 23.2 Å². The van der Waals surface area contributed by atoms with E-state index in [0.29, 0.717) is 11.4 Å². The number of carbonyl (C=O) groups excluding carboxylic acids is 4. The Kier molecular flexibility index (Phi) is 5.55. The van der Waals surface area contributed by atoms with Crippen LogP contribution in [0.4, 0.5) is 0 Å². The van der Waals surface area contributed by atoms with Gasteiger partial charge in [-0.25, -0.2) is 0 Å². The molecule has 0 N–H and O–H groups in total. The van der Waals surface area contributed by atoms with Crippen molar-refractivity contribution in [2.45, 2.75) is 19.8 Å². The van der Waals surface area contributed by atoms with Gasteiger partial charge in [-0.2, -0.15) is 0 Å². The second-order valence-electron chi connectivity index (χ2n) is 5.37. The lowest BCUT2D eigenvalue weighted by Crippen LogP contribution is -2.52. The zero-order valence-corrected chi connectivity index (χ0v) is 14.0. The van der Waals surface area contributed by atoms with Crippen molar-refractivity contribution in [2.75, 3.05) is 13.1 Å². The number of hydrogen-bond acceptors (Lipinski definition) is 4. The van der Waals surface area contributed by atoms with Gasteiger partial charge in [0.25, 0.3) is 5.91 Å². The Morgan fingerprint density at radius 2 is 1.78 bits per heavy atom. The van der Waals surface area contributed by atoms with Crippen LogP contribution in [0.3, 0.4) is 0 Å². The minimum Gasteiger partial charge on any atom is -0.324 e. The monoisotopic (exact) mass is 355 g/mol. The van der Waals surface area contributed by atoms with Crippen LogP contribution in [0, 0.1) is 5.92 Å². The molecule has 1 saturated heterocycles. The summed E-state index contributed by atoms with van der Waals surface area (Å²) in [6.45, 7) is 1.25. The van der Waals surface area contributed by atoms with Gasteiger partial charge in [-0.05, 0) is 24.6 Å². The number of ketones is 3. The van der Waals surface area contributed by atoms with Crippen LogP contribution in [-0.2, 0) is 14.4 Å². The molecule has 7 heteroatoms. The van der Waals surface area contributed by atoms with Gasteiger partial charge >= 0.3 is 0 Å². The van der Waals surface area contributed by atoms with Gasteiger partial charge in [0.1, 0.15) is 5.92 Å². The quantitative estimate of drug-likeness (QED) is 0.778. The van der Waals surface area contributed by atoms with E-state index in [-0.39, 0.29) is 35.9 Å². The predicted octanol–water partition coefficient (Wildman–Crippen LogP) is 2.57. The molecule has 1 aliphatic heterocycles. The number of halogens is 2. The van der Waals surface area contributed by atoms with Crippen LogP contribution in [0.15, 0.2) is 18.2 Å². The van der Waals surface area contributed by atoms with Gasteiger partial charge in [-0.3, -0.25) is 19.2 Å². The van der Waals surface area contributed by atoms with Crippen LogP contribution in [0.5, 0.6) is 0 Å². The molecule has 0 aromatic heterocycles. The highest BCUT2D eigenvalue weighted by atomic mass is 35.5. The normalized spacial score (nSPS) is 15.9. The lowest BCUT2D eigenvalue weighted by Gasteiger charge is -2.29. The number of piperidine rings is 1. The molecular formula is C16H15Cl2NO4. The van der Waals surface area contributed by atoms with Gasteiger partial charge in [0, 0.05) is 11.4 Å². The maximum Gasteiger partial charge on any atom is 0.256 e. The molecule has 0 spiro atoms. The molecule has 5 nitrogen and oxygen atoms in total. The van der Waals surface area contributed by atoms with Gasteiger partial charge in [0.2, 0.25) is 0 Å². The summed E-state index contributed by atoms with van der Waals surface area (Å²) in [4.78, 5) is 49.7. The number of amides is 1. The molecular weight excluding hydrogens is 341 g/mol. The SMILES string of the molecule is CCCC(=O)C1C(=O)CN(C(=O)c2ccc(Cl)cc2Cl)CC1=O. The molecule has 0 atom stereocenters. The molecule has 122 valence electrons. The number of carbonyl (C=O) groups is 4. The topological polar surface area (TPSA) is 71.5 Å². The van der Waals surface area contributed by atoms with E-state index in [4.69, 9.17) is 23.2 Å². The average molecular weight is 356 g/mol. The number of benzene rings is 1. The number of Topliss-reactive ketones (excluding diaryl/α,β-unsaturated/α-hetero) is 3. The molecule has 23 heavy (non-hydrogen) atoms. The Morgan fingerprint density at radius 3 is 2.30 bits per heavy atom. The Hall–Kier alpha value is -1.72. The molecule has 0 aliphatic carbocycles. The summed E-state index contributed by atoms with van der Waals surface area (Å²) in [5.41, 5.74) is 0.162. The second kappa shape index (κ2) is 7.23.